The van der Waals surface area contributed by atoms with Crippen LogP contribution in [-0.4, -0.2) is 29.0 Å². The van der Waals surface area contributed by atoms with E-state index in [-0.39, 0.29) is 11.8 Å². The summed E-state index contributed by atoms with van der Waals surface area (Å²) in [6.07, 6.45) is 4.78. The number of aromatic nitrogens is 2. The first kappa shape index (κ1) is 21.2. The molecular formula is C23H22BrFN4O2. The number of nitrogens with zero attached hydrogens (tertiary/aromatic N) is 3. The number of hydrogen-bond donors (Lipinski definition) is 1. The molecule has 0 aliphatic carbocycles. The van der Waals surface area contributed by atoms with E-state index in [1.807, 2.05) is 36.1 Å². The average molecular weight is 485 g/mol. The number of nitrogens with one attached hydrogen (secondary N) is 1. The zero-order valence-corrected chi connectivity index (χ0v) is 18.6. The van der Waals surface area contributed by atoms with Gasteiger partial charge in [-0.2, -0.15) is 0 Å². The predicted molar refractivity (Wildman–Crippen MR) is 121 cm³/mol. The number of piperidine rings is 1. The van der Waals surface area contributed by atoms with Crippen molar-refractivity contribution >= 4 is 33.3 Å². The highest BCUT2D eigenvalue weighted by molar-refractivity contribution is 9.10. The standard InChI is InChI=1S/C23H22BrFN4O2/c1-15-5-2-3-7-20(15)31-23-21(26-10-11-27-23)29-12-4-6-16(14-29)22(30)28-17-8-9-18(24)19(25)13-17/h2-3,5,7-11,13,16H,4,6,12,14H2,1H3,(H,28,30)/t16-/m0/s1. The summed E-state index contributed by atoms with van der Waals surface area (Å²) in [7, 11) is 0. The molecule has 3 aromatic rings. The van der Waals surface area contributed by atoms with Crippen LogP contribution in [0.3, 0.4) is 0 Å². The Kier molecular flexibility index (Phi) is 6.46. The van der Waals surface area contributed by atoms with Crippen molar-refractivity contribution in [3.8, 4) is 11.6 Å². The molecule has 1 aliphatic rings. The summed E-state index contributed by atoms with van der Waals surface area (Å²) in [5.74, 6) is 0.921. The highest BCUT2D eigenvalue weighted by Gasteiger charge is 2.29. The van der Waals surface area contributed by atoms with Crippen molar-refractivity contribution in [2.45, 2.75) is 19.8 Å². The molecule has 2 aromatic carbocycles. The van der Waals surface area contributed by atoms with Crippen molar-refractivity contribution in [1.82, 2.24) is 9.97 Å². The maximum atomic E-state index is 13.8. The van der Waals surface area contributed by atoms with Crippen molar-refractivity contribution in [3.05, 3.63) is 70.7 Å². The molecule has 4 rings (SSSR count). The molecule has 0 spiro atoms. The smallest absolute Gasteiger partial charge is 0.263 e. The summed E-state index contributed by atoms with van der Waals surface area (Å²) in [6.45, 7) is 3.20. The molecule has 6 nitrogen and oxygen atoms in total. The summed E-state index contributed by atoms with van der Waals surface area (Å²) < 4.78 is 20.2. The third kappa shape index (κ3) is 5.02. The van der Waals surface area contributed by atoms with Crippen molar-refractivity contribution in [2.24, 2.45) is 5.92 Å². The quantitative estimate of drug-likeness (QED) is 0.529. The third-order valence-electron chi connectivity index (χ3n) is 5.23. The number of anilines is 2. The molecule has 31 heavy (non-hydrogen) atoms. The zero-order chi connectivity index (χ0) is 21.8. The Morgan fingerprint density at radius 1 is 1.23 bits per heavy atom. The molecule has 0 unspecified atom stereocenters. The van der Waals surface area contributed by atoms with Gasteiger partial charge in [0, 0.05) is 31.2 Å². The van der Waals surface area contributed by atoms with Gasteiger partial charge in [0.25, 0.3) is 5.88 Å². The van der Waals surface area contributed by atoms with Crippen molar-refractivity contribution in [1.29, 1.82) is 0 Å². The minimum absolute atomic E-state index is 0.142. The summed E-state index contributed by atoms with van der Waals surface area (Å²) in [5.41, 5.74) is 1.43. The lowest BCUT2D eigenvalue weighted by Gasteiger charge is -2.33. The van der Waals surface area contributed by atoms with Crippen LogP contribution in [-0.2, 0) is 4.79 Å². The summed E-state index contributed by atoms with van der Waals surface area (Å²) in [4.78, 5) is 23.7. The minimum atomic E-state index is -0.416. The normalized spacial score (nSPS) is 16.1. The van der Waals surface area contributed by atoms with Crippen LogP contribution >= 0.6 is 15.9 Å². The molecule has 160 valence electrons. The van der Waals surface area contributed by atoms with Gasteiger partial charge in [-0.15, -0.1) is 0 Å². The van der Waals surface area contributed by atoms with Gasteiger partial charge < -0.3 is 15.0 Å². The maximum absolute atomic E-state index is 13.8. The fourth-order valence-corrected chi connectivity index (χ4v) is 3.83. The Labute approximate surface area is 188 Å². The number of benzene rings is 2. The van der Waals surface area contributed by atoms with E-state index in [4.69, 9.17) is 4.74 Å². The molecule has 1 N–H and O–H groups in total. The van der Waals surface area contributed by atoms with Crippen LogP contribution in [0.15, 0.2) is 59.3 Å². The van der Waals surface area contributed by atoms with Crippen LogP contribution in [0.1, 0.15) is 18.4 Å². The van der Waals surface area contributed by atoms with Gasteiger partial charge in [0.05, 0.1) is 10.4 Å². The van der Waals surface area contributed by atoms with Gasteiger partial charge in [-0.3, -0.25) is 4.79 Å². The second-order valence-electron chi connectivity index (χ2n) is 7.46. The Morgan fingerprint density at radius 2 is 2.03 bits per heavy atom. The van der Waals surface area contributed by atoms with E-state index in [9.17, 15) is 9.18 Å². The highest BCUT2D eigenvalue weighted by Crippen LogP contribution is 2.32. The molecule has 0 saturated carbocycles. The second-order valence-corrected chi connectivity index (χ2v) is 8.31. The van der Waals surface area contributed by atoms with E-state index < -0.39 is 5.82 Å². The third-order valence-corrected chi connectivity index (χ3v) is 5.87. The van der Waals surface area contributed by atoms with Gasteiger partial charge in [0.1, 0.15) is 11.6 Å². The molecule has 8 heteroatoms. The zero-order valence-electron chi connectivity index (χ0n) is 17.0. The molecule has 0 radical (unpaired) electrons. The summed E-state index contributed by atoms with van der Waals surface area (Å²) in [5, 5.41) is 2.82. The van der Waals surface area contributed by atoms with Crippen LogP contribution in [0.4, 0.5) is 15.9 Å². The monoisotopic (exact) mass is 484 g/mol. The number of carbonyl (C=O) groups is 1. The van der Waals surface area contributed by atoms with Gasteiger partial charge in [0.2, 0.25) is 5.91 Å². The number of carbonyl (C=O) groups excluding carboxylic acids is 1. The first-order chi connectivity index (χ1) is 15.0. The van der Waals surface area contributed by atoms with E-state index in [1.54, 1.807) is 24.5 Å². The first-order valence-corrected chi connectivity index (χ1v) is 10.9. The van der Waals surface area contributed by atoms with Gasteiger partial charge in [0.15, 0.2) is 5.82 Å². The maximum Gasteiger partial charge on any atom is 0.263 e. The lowest BCUT2D eigenvalue weighted by atomic mass is 9.97. The van der Waals surface area contributed by atoms with Crippen LogP contribution in [0.25, 0.3) is 0 Å². The fourth-order valence-electron chi connectivity index (χ4n) is 3.58. The van der Waals surface area contributed by atoms with E-state index in [0.29, 0.717) is 34.2 Å². The van der Waals surface area contributed by atoms with Crippen molar-refractivity contribution in [2.75, 3.05) is 23.3 Å². The molecule has 1 amide bonds. The molecule has 1 aromatic heterocycles. The minimum Gasteiger partial charge on any atom is -0.436 e. The Hall–Kier alpha value is -3.00. The molecule has 2 heterocycles. The van der Waals surface area contributed by atoms with Crippen LogP contribution in [0.5, 0.6) is 11.6 Å². The molecule has 1 aliphatic heterocycles. The largest absolute Gasteiger partial charge is 0.436 e. The van der Waals surface area contributed by atoms with Crippen molar-refractivity contribution < 1.29 is 13.9 Å². The fraction of sp³-hybridized carbons (Fsp3) is 0.261. The SMILES string of the molecule is Cc1ccccc1Oc1nccnc1N1CCC[C@H](C(=O)Nc2ccc(Br)c(F)c2)C1. The number of para-hydroxylation sites is 1. The van der Waals surface area contributed by atoms with Crippen molar-refractivity contribution in [3.63, 3.8) is 0 Å². The first-order valence-electron chi connectivity index (χ1n) is 10.1. The number of amides is 1. The van der Waals surface area contributed by atoms with Crippen LogP contribution in [0.2, 0.25) is 0 Å². The van der Waals surface area contributed by atoms with E-state index in [1.165, 1.54) is 6.07 Å². The second kappa shape index (κ2) is 9.43. The average Bonchev–Trinajstić information content (AvgIpc) is 2.78. The van der Waals surface area contributed by atoms with Gasteiger partial charge >= 0.3 is 0 Å². The van der Waals surface area contributed by atoms with Gasteiger partial charge in [-0.1, -0.05) is 18.2 Å². The number of aryl methyl sites for hydroxylation is 1. The highest BCUT2D eigenvalue weighted by atomic mass is 79.9. The lowest BCUT2D eigenvalue weighted by Crippen LogP contribution is -2.41. The predicted octanol–water partition coefficient (Wildman–Crippen LogP) is 5.33. The number of halogens is 2. The topological polar surface area (TPSA) is 67.4 Å². The number of ether oxygens (including phenoxy) is 1. The van der Waals surface area contributed by atoms with E-state index >= 15 is 0 Å². The number of hydrogen-bond acceptors (Lipinski definition) is 5. The summed E-state index contributed by atoms with van der Waals surface area (Å²) in [6, 6.07) is 12.3. The van der Waals surface area contributed by atoms with Gasteiger partial charge in [-0.05, 0) is 65.5 Å². The summed E-state index contributed by atoms with van der Waals surface area (Å²) >= 11 is 3.12. The lowest BCUT2D eigenvalue weighted by molar-refractivity contribution is -0.120. The molecule has 1 saturated heterocycles. The van der Waals surface area contributed by atoms with Crippen LogP contribution in [0, 0.1) is 18.7 Å². The molecule has 1 fully saturated rings. The Morgan fingerprint density at radius 3 is 2.84 bits per heavy atom. The van der Waals surface area contributed by atoms with Crippen LogP contribution < -0.4 is 15.0 Å². The van der Waals surface area contributed by atoms with Gasteiger partial charge in [-0.25, -0.2) is 14.4 Å². The molecule has 0 bridgehead atoms. The van der Waals surface area contributed by atoms with E-state index in [0.717, 1.165) is 24.9 Å². The molecule has 1 atom stereocenters. The molecular weight excluding hydrogens is 463 g/mol. The Bertz CT molecular complexity index is 1090. The number of rotatable bonds is 5. The van der Waals surface area contributed by atoms with E-state index in [2.05, 4.69) is 31.2 Å². The Balaban J connectivity index is 1.49.